The van der Waals surface area contributed by atoms with E-state index in [1.54, 1.807) is 24.3 Å². The Hall–Kier alpha value is -2.21. The number of para-hydroxylation sites is 2. The Kier molecular flexibility index (Phi) is 3.47. The van der Waals surface area contributed by atoms with Gasteiger partial charge in [-0.25, -0.2) is 8.42 Å². The van der Waals surface area contributed by atoms with Crippen LogP contribution in [0.5, 0.6) is 11.5 Å². The molecule has 0 bridgehead atoms. The van der Waals surface area contributed by atoms with Crippen LogP contribution in [-0.2, 0) is 16.4 Å². The third-order valence-electron chi connectivity index (χ3n) is 3.23. The number of benzene rings is 2. The molecule has 0 unspecified atom stereocenters. The zero-order chi connectivity index (χ0) is 14.9. The summed E-state index contributed by atoms with van der Waals surface area (Å²) in [6.07, 6.45) is 1.20. The normalized spacial score (nSPS) is 13.2. The van der Waals surface area contributed by atoms with Crippen molar-refractivity contribution in [3.63, 3.8) is 0 Å². The molecular formula is C15H15NO4S. The zero-order valence-corrected chi connectivity index (χ0v) is 12.3. The molecule has 0 saturated heterocycles. The molecule has 0 aromatic heterocycles. The van der Waals surface area contributed by atoms with Crippen molar-refractivity contribution in [3.05, 3.63) is 48.0 Å². The summed E-state index contributed by atoms with van der Waals surface area (Å²) in [7, 11) is -3.27. The summed E-state index contributed by atoms with van der Waals surface area (Å²) in [5.74, 6) is 1.42. The van der Waals surface area contributed by atoms with E-state index in [1.807, 2.05) is 18.2 Å². The molecule has 21 heavy (non-hydrogen) atoms. The highest BCUT2D eigenvalue weighted by molar-refractivity contribution is 7.90. The minimum absolute atomic E-state index is 0.215. The van der Waals surface area contributed by atoms with Crippen LogP contribution in [0.25, 0.3) is 0 Å². The number of nitrogens with one attached hydrogen (secondary N) is 1. The first-order valence-corrected chi connectivity index (χ1v) is 8.35. The summed E-state index contributed by atoms with van der Waals surface area (Å²) >= 11 is 0. The van der Waals surface area contributed by atoms with E-state index in [-0.39, 0.29) is 11.7 Å². The van der Waals surface area contributed by atoms with Gasteiger partial charge in [-0.05, 0) is 18.2 Å². The molecule has 0 atom stereocenters. The molecule has 1 aliphatic rings. The molecule has 0 aliphatic carbocycles. The molecular weight excluding hydrogens is 290 g/mol. The second kappa shape index (κ2) is 5.29. The van der Waals surface area contributed by atoms with Gasteiger partial charge in [-0.2, -0.15) is 0 Å². The SMILES string of the molecule is CS(=O)(=O)c1ccccc1NCc1cccc2c1OCO2. The number of ether oxygens (including phenoxy) is 2. The Morgan fingerprint density at radius 3 is 2.71 bits per heavy atom. The molecule has 3 rings (SSSR count). The van der Waals surface area contributed by atoms with Gasteiger partial charge in [0.15, 0.2) is 21.3 Å². The summed E-state index contributed by atoms with van der Waals surface area (Å²) in [4.78, 5) is 0.287. The Morgan fingerprint density at radius 1 is 1.10 bits per heavy atom. The first-order chi connectivity index (χ1) is 10.1. The fourth-order valence-corrected chi connectivity index (χ4v) is 3.12. The van der Waals surface area contributed by atoms with Crippen molar-refractivity contribution in [2.45, 2.75) is 11.4 Å². The molecule has 1 N–H and O–H groups in total. The summed E-state index contributed by atoms with van der Waals surface area (Å²) < 4.78 is 34.3. The Labute approximate surface area is 123 Å². The molecule has 1 aliphatic heterocycles. The van der Waals surface area contributed by atoms with Crippen LogP contribution in [0, 0.1) is 0 Å². The maximum absolute atomic E-state index is 11.8. The molecule has 0 amide bonds. The fourth-order valence-electron chi connectivity index (χ4n) is 2.26. The van der Waals surface area contributed by atoms with E-state index in [1.165, 1.54) is 6.26 Å². The van der Waals surface area contributed by atoms with Gasteiger partial charge in [-0.15, -0.1) is 0 Å². The molecule has 0 spiro atoms. The van der Waals surface area contributed by atoms with Crippen molar-refractivity contribution in [1.29, 1.82) is 0 Å². The van der Waals surface area contributed by atoms with Crippen molar-refractivity contribution >= 4 is 15.5 Å². The molecule has 1 heterocycles. The van der Waals surface area contributed by atoms with Crippen LogP contribution in [0.3, 0.4) is 0 Å². The Morgan fingerprint density at radius 2 is 1.90 bits per heavy atom. The molecule has 5 nitrogen and oxygen atoms in total. The van der Waals surface area contributed by atoms with E-state index in [4.69, 9.17) is 9.47 Å². The molecule has 6 heteroatoms. The maximum atomic E-state index is 11.8. The first-order valence-electron chi connectivity index (χ1n) is 6.46. The lowest BCUT2D eigenvalue weighted by Gasteiger charge is -2.12. The van der Waals surface area contributed by atoms with E-state index >= 15 is 0 Å². The van der Waals surface area contributed by atoms with Crippen molar-refractivity contribution < 1.29 is 17.9 Å². The number of rotatable bonds is 4. The fraction of sp³-hybridized carbons (Fsp3) is 0.200. The summed E-state index contributed by atoms with van der Waals surface area (Å²) in [6, 6.07) is 12.5. The van der Waals surface area contributed by atoms with Crippen LogP contribution < -0.4 is 14.8 Å². The second-order valence-corrected chi connectivity index (χ2v) is 6.76. The highest BCUT2D eigenvalue weighted by Crippen LogP contribution is 2.35. The van der Waals surface area contributed by atoms with Crippen molar-refractivity contribution in [3.8, 4) is 11.5 Å². The van der Waals surface area contributed by atoms with Crippen molar-refractivity contribution in [2.75, 3.05) is 18.4 Å². The molecule has 2 aromatic rings. The molecule has 0 radical (unpaired) electrons. The summed E-state index contributed by atoms with van der Waals surface area (Å²) in [5, 5.41) is 3.15. The van der Waals surface area contributed by atoms with Gasteiger partial charge < -0.3 is 14.8 Å². The standard InChI is InChI=1S/C15H15NO4S/c1-21(17,18)14-8-3-2-6-12(14)16-9-11-5-4-7-13-15(11)20-10-19-13/h2-8,16H,9-10H2,1H3. The van der Waals surface area contributed by atoms with E-state index in [0.717, 1.165) is 5.56 Å². The van der Waals surface area contributed by atoms with Gasteiger partial charge in [0, 0.05) is 18.4 Å². The average molecular weight is 305 g/mol. The van der Waals surface area contributed by atoms with Crippen LogP contribution >= 0.6 is 0 Å². The summed E-state index contributed by atoms with van der Waals surface area (Å²) in [5.41, 5.74) is 1.50. The third kappa shape index (κ3) is 2.80. The number of hydrogen-bond donors (Lipinski definition) is 1. The van der Waals surface area contributed by atoms with Gasteiger partial charge in [-0.1, -0.05) is 24.3 Å². The van der Waals surface area contributed by atoms with Crippen LogP contribution in [-0.4, -0.2) is 21.5 Å². The van der Waals surface area contributed by atoms with E-state index in [2.05, 4.69) is 5.32 Å². The predicted molar refractivity (Wildman–Crippen MR) is 79.4 cm³/mol. The van der Waals surface area contributed by atoms with Crippen LogP contribution in [0.15, 0.2) is 47.4 Å². The highest BCUT2D eigenvalue weighted by atomic mass is 32.2. The third-order valence-corrected chi connectivity index (χ3v) is 4.39. The average Bonchev–Trinajstić information content (AvgIpc) is 2.93. The lowest BCUT2D eigenvalue weighted by molar-refractivity contribution is 0.173. The van der Waals surface area contributed by atoms with E-state index < -0.39 is 9.84 Å². The van der Waals surface area contributed by atoms with Crippen molar-refractivity contribution in [2.24, 2.45) is 0 Å². The smallest absolute Gasteiger partial charge is 0.231 e. The number of anilines is 1. The second-order valence-electron chi connectivity index (χ2n) is 4.77. The van der Waals surface area contributed by atoms with Gasteiger partial charge in [0.05, 0.1) is 10.6 Å². The maximum Gasteiger partial charge on any atom is 0.231 e. The topological polar surface area (TPSA) is 64.6 Å². The Balaban J connectivity index is 1.85. The number of hydrogen-bond acceptors (Lipinski definition) is 5. The van der Waals surface area contributed by atoms with Gasteiger partial charge >= 0.3 is 0 Å². The molecule has 0 fully saturated rings. The first kappa shape index (κ1) is 13.8. The highest BCUT2D eigenvalue weighted by Gasteiger charge is 2.18. The van der Waals surface area contributed by atoms with Gasteiger partial charge in [0.2, 0.25) is 6.79 Å². The predicted octanol–water partition coefficient (Wildman–Crippen LogP) is 2.43. The van der Waals surface area contributed by atoms with Gasteiger partial charge in [0.25, 0.3) is 0 Å². The van der Waals surface area contributed by atoms with Gasteiger partial charge in [-0.3, -0.25) is 0 Å². The molecule has 110 valence electrons. The lowest BCUT2D eigenvalue weighted by atomic mass is 10.2. The van der Waals surface area contributed by atoms with Crippen molar-refractivity contribution in [1.82, 2.24) is 0 Å². The minimum atomic E-state index is -3.27. The van der Waals surface area contributed by atoms with E-state index in [0.29, 0.717) is 23.7 Å². The quantitative estimate of drug-likeness (QED) is 0.940. The monoisotopic (exact) mass is 305 g/mol. The van der Waals surface area contributed by atoms with Gasteiger partial charge in [0.1, 0.15) is 0 Å². The van der Waals surface area contributed by atoms with E-state index in [9.17, 15) is 8.42 Å². The minimum Gasteiger partial charge on any atom is -0.454 e. The Bertz CT molecular complexity index is 771. The molecule has 2 aromatic carbocycles. The number of sulfone groups is 1. The van der Waals surface area contributed by atoms with Crippen LogP contribution in [0.2, 0.25) is 0 Å². The molecule has 0 saturated carbocycles. The van der Waals surface area contributed by atoms with Crippen LogP contribution in [0.1, 0.15) is 5.56 Å². The largest absolute Gasteiger partial charge is 0.454 e. The summed E-state index contributed by atoms with van der Waals surface area (Å²) in [6.45, 7) is 0.672. The lowest BCUT2D eigenvalue weighted by Crippen LogP contribution is -2.06. The van der Waals surface area contributed by atoms with Crippen LogP contribution in [0.4, 0.5) is 5.69 Å². The zero-order valence-electron chi connectivity index (χ0n) is 11.5. The number of fused-ring (bicyclic) bond motifs is 1.